The van der Waals surface area contributed by atoms with E-state index in [-0.39, 0.29) is 16.8 Å². The molecule has 0 saturated carbocycles. The molecule has 2 aliphatic rings. The van der Waals surface area contributed by atoms with Crippen LogP contribution in [0.5, 0.6) is 5.75 Å². The summed E-state index contributed by atoms with van der Waals surface area (Å²) < 4.78 is 33.6. The molecule has 200 valence electrons. The number of carbonyl (C=O) groups is 1. The summed E-state index contributed by atoms with van der Waals surface area (Å²) in [5.41, 5.74) is 2.73. The van der Waals surface area contributed by atoms with Gasteiger partial charge in [0.2, 0.25) is 10.0 Å². The molecule has 2 fully saturated rings. The van der Waals surface area contributed by atoms with Crippen molar-refractivity contribution < 1.29 is 17.9 Å². The number of carbonyl (C=O) groups excluding carboxylic acids is 1. The summed E-state index contributed by atoms with van der Waals surface area (Å²) >= 11 is 0. The number of hydrogen-bond donors (Lipinski definition) is 0. The van der Waals surface area contributed by atoms with Gasteiger partial charge in [0.15, 0.2) is 0 Å². The number of piperazine rings is 1. The Kier molecular flexibility index (Phi) is 8.12. The largest absolute Gasteiger partial charge is 0.496 e. The van der Waals surface area contributed by atoms with Crippen molar-refractivity contribution in [3.05, 3.63) is 95.6 Å². The fourth-order valence-electron chi connectivity index (χ4n) is 5.51. The minimum Gasteiger partial charge on any atom is -0.496 e. The van der Waals surface area contributed by atoms with Crippen LogP contribution in [0.1, 0.15) is 46.8 Å². The van der Waals surface area contributed by atoms with Crippen LogP contribution in [0.4, 0.5) is 0 Å². The van der Waals surface area contributed by atoms with Crippen LogP contribution in [0.2, 0.25) is 0 Å². The third-order valence-corrected chi connectivity index (χ3v) is 9.45. The third kappa shape index (κ3) is 5.48. The number of benzene rings is 3. The van der Waals surface area contributed by atoms with E-state index >= 15 is 0 Å². The molecule has 0 radical (unpaired) electrons. The zero-order valence-electron chi connectivity index (χ0n) is 21.8. The predicted molar refractivity (Wildman–Crippen MR) is 148 cm³/mol. The van der Waals surface area contributed by atoms with E-state index in [1.54, 1.807) is 17.0 Å². The SMILES string of the molecule is COc1ccc(S(=O)(=O)N2CCCCC2)cc1C(=O)N1CCN(C(c2ccccc2)c2ccccc2)CC1. The van der Waals surface area contributed by atoms with Gasteiger partial charge in [0.1, 0.15) is 5.75 Å². The quantitative estimate of drug-likeness (QED) is 0.450. The van der Waals surface area contributed by atoms with Gasteiger partial charge in [-0.1, -0.05) is 67.1 Å². The lowest BCUT2D eigenvalue weighted by atomic mass is 9.96. The normalized spacial score (nSPS) is 17.5. The maximum atomic E-state index is 13.7. The zero-order chi connectivity index (χ0) is 26.5. The van der Waals surface area contributed by atoms with E-state index in [0.717, 1.165) is 19.3 Å². The Labute approximate surface area is 225 Å². The van der Waals surface area contributed by atoms with Crippen LogP contribution in [0, 0.1) is 0 Å². The molecule has 7 nitrogen and oxygen atoms in total. The smallest absolute Gasteiger partial charge is 0.257 e. The molecule has 1 amide bonds. The van der Waals surface area contributed by atoms with Gasteiger partial charge in [0.05, 0.1) is 23.6 Å². The third-order valence-electron chi connectivity index (χ3n) is 7.55. The highest BCUT2D eigenvalue weighted by Gasteiger charge is 2.31. The summed E-state index contributed by atoms with van der Waals surface area (Å²) in [5.74, 6) is 0.189. The van der Waals surface area contributed by atoms with Gasteiger partial charge >= 0.3 is 0 Å². The van der Waals surface area contributed by atoms with Crippen molar-refractivity contribution in [2.75, 3.05) is 46.4 Å². The van der Waals surface area contributed by atoms with Crippen molar-refractivity contribution in [2.45, 2.75) is 30.2 Å². The summed E-state index contributed by atoms with van der Waals surface area (Å²) in [6.45, 7) is 3.53. The Balaban J connectivity index is 1.35. The molecule has 2 saturated heterocycles. The Bertz CT molecular complexity index is 1290. The van der Waals surface area contributed by atoms with Crippen molar-refractivity contribution in [1.82, 2.24) is 14.1 Å². The summed E-state index contributed by atoms with van der Waals surface area (Å²) in [6.07, 6.45) is 2.76. The average Bonchev–Trinajstić information content (AvgIpc) is 2.98. The molecule has 3 aromatic rings. The van der Waals surface area contributed by atoms with Gasteiger partial charge in [0, 0.05) is 39.3 Å². The maximum absolute atomic E-state index is 13.7. The van der Waals surface area contributed by atoms with Crippen molar-refractivity contribution >= 4 is 15.9 Å². The van der Waals surface area contributed by atoms with Crippen molar-refractivity contribution in [1.29, 1.82) is 0 Å². The molecule has 2 heterocycles. The van der Waals surface area contributed by atoms with Gasteiger partial charge < -0.3 is 9.64 Å². The highest BCUT2D eigenvalue weighted by atomic mass is 32.2. The second-order valence-corrected chi connectivity index (χ2v) is 11.8. The predicted octanol–water partition coefficient (Wildman–Crippen LogP) is 4.42. The molecule has 0 bridgehead atoms. The van der Waals surface area contributed by atoms with Crippen LogP contribution in [-0.4, -0.2) is 74.8 Å². The van der Waals surface area contributed by atoms with Gasteiger partial charge in [0.25, 0.3) is 5.91 Å². The first kappa shape index (κ1) is 26.4. The van der Waals surface area contributed by atoms with E-state index in [9.17, 15) is 13.2 Å². The summed E-state index contributed by atoms with van der Waals surface area (Å²) in [5, 5.41) is 0. The number of amides is 1. The van der Waals surface area contributed by atoms with E-state index in [1.165, 1.54) is 28.6 Å². The lowest BCUT2D eigenvalue weighted by molar-refractivity contribution is 0.0594. The van der Waals surface area contributed by atoms with Crippen LogP contribution in [-0.2, 0) is 10.0 Å². The van der Waals surface area contributed by atoms with Gasteiger partial charge in [-0.05, 0) is 42.2 Å². The molecule has 0 unspecified atom stereocenters. The van der Waals surface area contributed by atoms with Crippen LogP contribution < -0.4 is 4.74 Å². The molecular formula is C30H35N3O4S. The first-order valence-corrected chi connectivity index (χ1v) is 14.7. The van der Waals surface area contributed by atoms with E-state index in [4.69, 9.17) is 4.74 Å². The topological polar surface area (TPSA) is 70.2 Å². The van der Waals surface area contributed by atoms with E-state index in [1.807, 2.05) is 12.1 Å². The summed E-state index contributed by atoms with van der Waals surface area (Å²) in [6, 6.07) is 25.6. The Morgan fingerprint density at radius 2 is 1.34 bits per heavy atom. The second-order valence-electron chi connectivity index (χ2n) is 9.88. The molecule has 0 aliphatic carbocycles. The van der Waals surface area contributed by atoms with Gasteiger partial charge in [-0.25, -0.2) is 8.42 Å². The molecule has 38 heavy (non-hydrogen) atoms. The fraction of sp³-hybridized carbons (Fsp3) is 0.367. The monoisotopic (exact) mass is 533 g/mol. The lowest BCUT2D eigenvalue weighted by Crippen LogP contribution is -2.50. The molecule has 2 aliphatic heterocycles. The van der Waals surface area contributed by atoms with Crippen molar-refractivity contribution in [3.8, 4) is 5.75 Å². The molecule has 0 N–H and O–H groups in total. The summed E-state index contributed by atoms with van der Waals surface area (Å²) in [4.78, 5) is 18.0. The summed E-state index contributed by atoms with van der Waals surface area (Å²) in [7, 11) is -2.15. The highest BCUT2D eigenvalue weighted by molar-refractivity contribution is 7.89. The average molecular weight is 534 g/mol. The first-order chi connectivity index (χ1) is 18.5. The lowest BCUT2D eigenvalue weighted by Gasteiger charge is -2.40. The minimum atomic E-state index is -3.66. The van der Waals surface area contributed by atoms with Crippen LogP contribution in [0.3, 0.4) is 0 Å². The fourth-order valence-corrected chi connectivity index (χ4v) is 7.05. The van der Waals surface area contributed by atoms with Crippen LogP contribution in [0.15, 0.2) is 83.8 Å². The number of rotatable bonds is 7. The van der Waals surface area contributed by atoms with Crippen LogP contribution >= 0.6 is 0 Å². The molecule has 8 heteroatoms. The standard InChI is InChI=1S/C30H35N3O4S/c1-37-28-16-15-26(38(35,36)33-17-9-4-10-18-33)23-27(28)30(34)32-21-19-31(20-22-32)29(24-11-5-2-6-12-24)25-13-7-3-8-14-25/h2-3,5-8,11-16,23,29H,4,9-10,17-22H2,1H3. The molecular weight excluding hydrogens is 498 g/mol. The van der Waals surface area contributed by atoms with E-state index in [0.29, 0.717) is 50.6 Å². The molecule has 5 rings (SSSR count). The molecule has 0 spiro atoms. The molecule has 0 atom stereocenters. The van der Waals surface area contributed by atoms with Crippen molar-refractivity contribution in [3.63, 3.8) is 0 Å². The molecule has 0 aromatic heterocycles. The van der Waals surface area contributed by atoms with E-state index < -0.39 is 10.0 Å². The minimum absolute atomic E-state index is 0.0993. The zero-order valence-corrected chi connectivity index (χ0v) is 22.6. The van der Waals surface area contributed by atoms with Crippen LogP contribution in [0.25, 0.3) is 0 Å². The number of ether oxygens (including phenoxy) is 1. The number of methoxy groups -OCH3 is 1. The maximum Gasteiger partial charge on any atom is 0.257 e. The second kappa shape index (κ2) is 11.7. The van der Waals surface area contributed by atoms with Gasteiger partial charge in [-0.2, -0.15) is 4.31 Å². The van der Waals surface area contributed by atoms with Gasteiger partial charge in [-0.15, -0.1) is 0 Å². The highest BCUT2D eigenvalue weighted by Crippen LogP contribution is 2.31. The van der Waals surface area contributed by atoms with E-state index in [2.05, 4.69) is 53.4 Å². The number of hydrogen-bond acceptors (Lipinski definition) is 5. The first-order valence-electron chi connectivity index (χ1n) is 13.3. The molecule has 3 aromatic carbocycles. The Hall–Kier alpha value is -3.20. The number of piperidine rings is 1. The Morgan fingerprint density at radius 3 is 1.89 bits per heavy atom. The number of sulfonamides is 1. The number of nitrogens with zero attached hydrogens (tertiary/aromatic N) is 3. The van der Waals surface area contributed by atoms with Gasteiger partial charge in [-0.3, -0.25) is 9.69 Å². The van der Waals surface area contributed by atoms with Crippen molar-refractivity contribution in [2.24, 2.45) is 0 Å². The Morgan fingerprint density at radius 1 is 0.763 bits per heavy atom.